The Morgan fingerprint density at radius 3 is 2.54 bits per heavy atom. The van der Waals surface area contributed by atoms with E-state index in [1.54, 1.807) is 0 Å². The molecule has 140 valence electrons. The number of methoxy groups -OCH3 is 1. The van der Waals surface area contributed by atoms with Crippen molar-refractivity contribution in [3.8, 4) is 5.75 Å². The van der Waals surface area contributed by atoms with Gasteiger partial charge in [0.25, 0.3) is 0 Å². The van der Waals surface area contributed by atoms with Crippen LogP contribution in [0.4, 0.5) is 4.39 Å². The topological polar surface area (TPSA) is 58.6 Å². The van der Waals surface area contributed by atoms with Gasteiger partial charge in [-0.1, -0.05) is 24.3 Å². The van der Waals surface area contributed by atoms with Crippen LogP contribution in [0.25, 0.3) is 0 Å². The molecule has 1 fully saturated rings. The van der Waals surface area contributed by atoms with E-state index < -0.39 is 15.8 Å². The Bertz CT molecular complexity index is 865. The third-order valence-corrected chi connectivity index (χ3v) is 5.90. The first-order valence-corrected chi connectivity index (χ1v) is 10.1. The Hall–Kier alpha value is -1.96. The fourth-order valence-corrected chi connectivity index (χ4v) is 4.14. The second-order valence-electron chi connectivity index (χ2n) is 6.42. The minimum Gasteiger partial charge on any atom is -0.494 e. The van der Waals surface area contributed by atoms with Gasteiger partial charge in [0.2, 0.25) is 10.0 Å². The summed E-state index contributed by atoms with van der Waals surface area (Å²) in [5, 5.41) is 0. The third-order valence-electron chi connectivity index (χ3n) is 4.50. The molecule has 0 amide bonds. The van der Waals surface area contributed by atoms with Crippen molar-refractivity contribution in [2.24, 2.45) is 0 Å². The number of nitrogens with one attached hydrogen (secondary N) is 1. The highest BCUT2D eigenvalue weighted by molar-refractivity contribution is 7.89. The van der Waals surface area contributed by atoms with E-state index in [-0.39, 0.29) is 17.2 Å². The number of halogens is 1. The molecule has 0 radical (unpaired) electrons. The van der Waals surface area contributed by atoms with Crippen molar-refractivity contribution >= 4 is 10.0 Å². The van der Waals surface area contributed by atoms with Gasteiger partial charge in [-0.05, 0) is 55.3 Å². The highest BCUT2D eigenvalue weighted by Gasteiger charge is 2.17. The van der Waals surface area contributed by atoms with E-state index in [1.807, 2.05) is 18.2 Å². The Morgan fingerprint density at radius 1 is 1.12 bits per heavy atom. The SMILES string of the molecule is COc1ccc(S(=O)(=O)NCc2cccc(CN3CCCC3)c2)cc1F. The standard InChI is InChI=1S/C19H23FN2O3S/c1-25-19-8-7-17(12-18(19)20)26(23,24)21-13-15-5-4-6-16(11-15)14-22-9-2-3-10-22/h4-8,11-12,21H,2-3,9-10,13-14H2,1H3. The zero-order chi connectivity index (χ0) is 18.6. The lowest BCUT2D eigenvalue weighted by Crippen LogP contribution is -2.23. The Labute approximate surface area is 153 Å². The summed E-state index contributed by atoms with van der Waals surface area (Å²) in [5.41, 5.74) is 2.04. The molecule has 2 aromatic rings. The van der Waals surface area contributed by atoms with E-state index in [2.05, 4.69) is 15.7 Å². The van der Waals surface area contributed by atoms with Gasteiger partial charge in [-0.25, -0.2) is 17.5 Å². The molecule has 1 aliphatic heterocycles. The van der Waals surface area contributed by atoms with Gasteiger partial charge in [0, 0.05) is 13.1 Å². The third kappa shape index (κ3) is 4.60. The average molecular weight is 378 g/mol. The summed E-state index contributed by atoms with van der Waals surface area (Å²) in [7, 11) is -2.46. The first-order valence-electron chi connectivity index (χ1n) is 8.61. The molecule has 5 nitrogen and oxygen atoms in total. The van der Waals surface area contributed by atoms with Crippen molar-refractivity contribution in [1.29, 1.82) is 0 Å². The van der Waals surface area contributed by atoms with E-state index in [0.717, 1.165) is 31.3 Å². The molecule has 26 heavy (non-hydrogen) atoms. The Kier molecular flexibility index (Phi) is 5.90. The summed E-state index contributed by atoms with van der Waals surface area (Å²) in [5.74, 6) is -0.693. The van der Waals surface area contributed by atoms with Gasteiger partial charge in [-0.3, -0.25) is 4.90 Å². The maximum Gasteiger partial charge on any atom is 0.240 e. The number of hydrogen-bond donors (Lipinski definition) is 1. The lowest BCUT2D eigenvalue weighted by atomic mass is 10.1. The lowest BCUT2D eigenvalue weighted by molar-refractivity contribution is 0.331. The fraction of sp³-hybridized carbons (Fsp3) is 0.368. The highest BCUT2D eigenvalue weighted by atomic mass is 32.2. The van der Waals surface area contributed by atoms with Crippen LogP contribution < -0.4 is 9.46 Å². The largest absolute Gasteiger partial charge is 0.494 e. The van der Waals surface area contributed by atoms with Gasteiger partial charge in [0.1, 0.15) is 0 Å². The van der Waals surface area contributed by atoms with Crippen LogP contribution in [0.15, 0.2) is 47.4 Å². The molecular weight excluding hydrogens is 355 g/mol. The van der Waals surface area contributed by atoms with Gasteiger partial charge in [0.05, 0.1) is 12.0 Å². The quantitative estimate of drug-likeness (QED) is 0.805. The van der Waals surface area contributed by atoms with Crippen molar-refractivity contribution in [2.45, 2.75) is 30.8 Å². The van der Waals surface area contributed by atoms with Crippen LogP contribution in [-0.4, -0.2) is 33.5 Å². The number of ether oxygens (including phenoxy) is 1. The molecule has 1 heterocycles. The second kappa shape index (κ2) is 8.16. The molecule has 0 aliphatic carbocycles. The van der Waals surface area contributed by atoms with Gasteiger partial charge >= 0.3 is 0 Å². The average Bonchev–Trinajstić information content (AvgIpc) is 3.13. The van der Waals surface area contributed by atoms with E-state index in [4.69, 9.17) is 4.74 Å². The number of likely N-dealkylation sites (tertiary alicyclic amines) is 1. The summed E-state index contributed by atoms with van der Waals surface area (Å²) in [6, 6.07) is 11.5. The van der Waals surface area contributed by atoms with Gasteiger partial charge in [-0.2, -0.15) is 0 Å². The molecule has 7 heteroatoms. The van der Waals surface area contributed by atoms with Crippen LogP contribution in [0.1, 0.15) is 24.0 Å². The van der Waals surface area contributed by atoms with Crippen LogP contribution in [0, 0.1) is 5.82 Å². The van der Waals surface area contributed by atoms with Crippen molar-refractivity contribution in [2.75, 3.05) is 20.2 Å². The summed E-state index contributed by atoms with van der Waals surface area (Å²) in [6.45, 7) is 3.26. The molecule has 1 N–H and O–H groups in total. The number of hydrogen-bond acceptors (Lipinski definition) is 4. The van der Waals surface area contributed by atoms with E-state index >= 15 is 0 Å². The molecule has 0 unspecified atom stereocenters. The predicted octanol–water partition coefficient (Wildman–Crippen LogP) is 2.91. The van der Waals surface area contributed by atoms with E-state index in [9.17, 15) is 12.8 Å². The van der Waals surface area contributed by atoms with Gasteiger partial charge in [-0.15, -0.1) is 0 Å². The first kappa shape index (κ1) is 18.8. The minimum atomic E-state index is -3.80. The van der Waals surface area contributed by atoms with Crippen LogP contribution >= 0.6 is 0 Å². The summed E-state index contributed by atoms with van der Waals surface area (Å²) >= 11 is 0. The van der Waals surface area contributed by atoms with Crippen molar-refractivity contribution in [3.63, 3.8) is 0 Å². The van der Waals surface area contributed by atoms with Crippen LogP contribution in [0.5, 0.6) is 5.75 Å². The monoisotopic (exact) mass is 378 g/mol. The fourth-order valence-electron chi connectivity index (χ4n) is 3.11. The summed E-state index contributed by atoms with van der Waals surface area (Å²) < 4.78 is 45.9. The zero-order valence-electron chi connectivity index (χ0n) is 14.7. The smallest absolute Gasteiger partial charge is 0.240 e. The number of nitrogens with zero attached hydrogens (tertiary/aromatic N) is 1. The van der Waals surface area contributed by atoms with Gasteiger partial charge < -0.3 is 4.74 Å². The summed E-state index contributed by atoms with van der Waals surface area (Å²) in [6.07, 6.45) is 2.47. The molecule has 1 aliphatic rings. The Morgan fingerprint density at radius 2 is 1.85 bits per heavy atom. The van der Waals surface area contributed by atoms with Crippen molar-refractivity contribution in [1.82, 2.24) is 9.62 Å². The molecule has 3 rings (SSSR count). The van der Waals surface area contributed by atoms with Crippen LogP contribution in [-0.2, 0) is 23.1 Å². The van der Waals surface area contributed by atoms with E-state index in [0.29, 0.717) is 0 Å². The van der Waals surface area contributed by atoms with Gasteiger partial charge in [0.15, 0.2) is 11.6 Å². The van der Waals surface area contributed by atoms with Crippen molar-refractivity contribution < 1.29 is 17.5 Å². The molecule has 2 aromatic carbocycles. The predicted molar refractivity (Wildman–Crippen MR) is 97.9 cm³/mol. The highest BCUT2D eigenvalue weighted by Crippen LogP contribution is 2.21. The molecule has 0 atom stereocenters. The first-order chi connectivity index (χ1) is 12.5. The molecular formula is C19H23FN2O3S. The summed E-state index contributed by atoms with van der Waals surface area (Å²) in [4.78, 5) is 2.27. The molecule has 0 bridgehead atoms. The van der Waals surface area contributed by atoms with E-state index in [1.165, 1.54) is 37.6 Å². The molecule has 0 spiro atoms. The normalized spacial score (nSPS) is 15.3. The lowest BCUT2D eigenvalue weighted by Gasteiger charge is -2.15. The Balaban J connectivity index is 1.66. The number of sulfonamides is 1. The minimum absolute atomic E-state index is 0.0126. The molecule has 1 saturated heterocycles. The second-order valence-corrected chi connectivity index (χ2v) is 8.19. The van der Waals surface area contributed by atoms with Crippen LogP contribution in [0.3, 0.4) is 0 Å². The maximum atomic E-state index is 13.8. The maximum absolute atomic E-state index is 13.8. The molecule has 0 saturated carbocycles. The number of benzene rings is 2. The van der Waals surface area contributed by atoms with Crippen LogP contribution in [0.2, 0.25) is 0 Å². The number of rotatable bonds is 7. The molecule has 0 aromatic heterocycles. The van der Waals surface area contributed by atoms with Crippen molar-refractivity contribution in [3.05, 3.63) is 59.4 Å². The zero-order valence-corrected chi connectivity index (χ0v) is 15.6.